The smallest absolute Gasteiger partial charge is 0.265 e. The lowest BCUT2D eigenvalue weighted by Gasteiger charge is -2.14. The van der Waals surface area contributed by atoms with Gasteiger partial charge in [0.05, 0.1) is 17.9 Å². The van der Waals surface area contributed by atoms with Crippen LogP contribution in [0.1, 0.15) is 18.1 Å². The number of hydrogen-bond donors (Lipinski definition) is 2. The molecule has 0 atom stereocenters. The van der Waals surface area contributed by atoms with Gasteiger partial charge in [0.25, 0.3) is 5.56 Å². The van der Waals surface area contributed by atoms with Gasteiger partial charge in [0.1, 0.15) is 17.2 Å². The minimum atomic E-state index is -0.340. The normalized spacial score (nSPS) is 11.3. The van der Waals surface area contributed by atoms with Crippen molar-refractivity contribution in [3.63, 3.8) is 0 Å². The summed E-state index contributed by atoms with van der Waals surface area (Å²) >= 11 is 0. The SMILES string of the molecule is CCOc1ccc(-n2c(O)c(C=Nc3ccc(C)cc3O)c3ccccc3c2=O)cc1. The maximum Gasteiger partial charge on any atom is 0.265 e. The van der Waals surface area contributed by atoms with E-state index in [-0.39, 0.29) is 17.2 Å². The third-order valence-corrected chi connectivity index (χ3v) is 4.97. The van der Waals surface area contributed by atoms with Crippen molar-refractivity contribution in [1.82, 2.24) is 4.57 Å². The molecule has 1 heterocycles. The second-order valence-corrected chi connectivity index (χ2v) is 7.10. The number of benzene rings is 3. The van der Waals surface area contributed by atoms with E-state index in [0.29, 0.717) is 40.1 Å². The Bertz CT molecular complexity index is 1340. The molecule has 0 spiro atoms. The average molecular weight is 414 g/mol. The number of fused-ring (bicyclic) bond motifs is 1. The van der Waals surface area contributed by atoms with E-state index >= 15 is 0 Å². The van der Waals surface area contributed by atoms with Crippen molar-refractivity contribution in [2.45, 2.75) is 13.8 Å². The average Bonchev–Trinajstić information content (AvgIpc) is 2.76. The van der Waals surface area contributed by atoms with E-state index in [9.17, 15) is 15.0 Å². The highest BCUT2D eigenvalue weighted by Crippen LogP contribution is 2.30. The molecule has 2 N–H and O–H groups in total. The number of pyridine rings is 1. The van der Waals surface area contributed by atoms with E-state index in [1.807, 2.05) is 19.9 Å². The molecule has 156 valence electrons. The Morgan fingerprint density at radius 1 is 1.00 bits per heavy atom. The maximum atomic E-state index is 13.2. The molecule has 0 fully saturated rings. The van der Waals surface area contributed by atoms with Crippen molar-refractivity contribution in [1.29, 1.82) is 0 Å². The summed E-state index contributed by atoms with van der Waals surface area (Å²) in [4.78, 5) is 17.5. The molecule has 3 aromatic carbocycles. The van der Waals surface area contributed by atoms with Gasteiger partial charge in [-0.2, -0.15) is 0 Å². The van der Waals surface area contributed by atoms with Gasteiger partial charge in [-0.05, 0) is 61.9 Å². The van der Waals surface area contributed by atoms with Crippen LogP contribution in [0.3, 0.4) is 0 Å². The molecule has 0 aliphatic rings. The molecule has 4 rings (SSSR count). The third kappa shape index (κ3) is 3.88. The molecule has 31 heavy (non-hydrogen) atoms. The summed E-state index contributed by atoms with van der Waals surface area (Å²) < 4.78 is 6.71. The summed E-state index contributed by atoms with van der Waals surface area (Å²) in [6, 6.07) is 19.1. The van der Waals surface area contributed by atoms with Crippen LogP contribution in [0.5, 0.6) is 17.4 Å². The Balaban J connectivity index is 1.91. The van der Waals surface area contributed by atoms with E-state index < -0.39 is 0 Å². The number of aryl methyl sites for hydroxylation is 1. The van der Waals surface area contributed by atoms with Crippen molar-refractivity contribution in [3.8, 4) is 23.1 Å². The van der Waals surface area contributed by atoms with Gasteiger partial charge in [0.2, 0.25) is 5.88 Å². The van der Waals surface area contributed by atoms with Crippen LogP contribution in [-0.4, -0.2) is 27.6 Å². The van der Waals surface area contributed by atoms with Gasteiger partial charge in [-0.15, -0.1) is 0 Å². The molecule has 0 aliphatic heterocycles. The van der Waals surface area contributed by atoms with Crippen LogP contribution in [0.4, 0.5) is 5.69 Å². The number of rotatable bonds is 5. The number of ether oxygens (including phenoxy) is 1. The first kappa shape index (κ1) is 20.2. The first-order valence-electron chi connectivity index (χ1n) is 9.93. The Kier molecular flexibility index (Phi) is 5.45. The summed E-state index contributed by atoms with van der Waals surface area (Å²) in [5.74, 6) is 0.485. The highest BCUT2D eigenvalue weighted by molar-refractivity contribution is 6.02. The zero-order valence-corrected chi connectivity index (χ0v) is 17.2. The Morgan fingerprint density at radius 3 is 2.39 bits per heavy atom. The molecule has 0 bridgehead atoms. The van der Waals surface area contributed by atoms with Gasteiger partial charge >= 0.3 is 0 Å². The van der Waals surface area contributed by atoms with Crippen molar-refractivity contribution < 1.29 is 14.9 Å². The largest absolute Gasteiger partial charge is 0.506 e. The van der Waals surface area contributed by atoms with E-state index in [1.165, 1.54) is 10.8 Å². The quantitative estimate of drug-likeness (QED) is 0.457. The van der Waals surface area contributed by atoms with Crippen LogP contribution >= 0.6 is 0 Å². The summed E-state index contributed by atoms with van der Waals surface area (Å²) in [6.07, 6.45) is 1.46. The standard InChI is InChI=1S/C25H22N2O4/c1-3-31-18-11-9-17(10-12-18)27-24(29)20-7-5-4-6-19(20)21(25(27)30)15-26-22-13-8-16(2)14-23(22)28/h4-15,28,30H,3H2,1-2H3. The fourth-order valence-corrected chi connectivity index (χ4v) is 3.46. The first-order valence-corrected chi connectivity index (χ1v) is 9.93. The molecule has 0 radical (unpaired) electrons. The second kappa shape index (κ2) is 8.36. The van der Waals surface area contributed by atoms with Gasteiger partial charge in [-0.3, -0.25) is 9.79 Å². The lowest BCUT2D eigenvalue weighted by molar-refractivity contribution is 0.340. The Morgan fingerprint density at radius 2 is 1.71 bits per heavy atom. The zero-order chi connectivity index (χ0) is 22.0. The van der Waals surface area contributed by atoms with Crippen LogP contribution < -0.4 is 10.3 Å². The lowest BCUT2D eigenvalue weighted by atomic mass is 10.1. The molecule has 0 saturated carbocycles. The summed E-state index contributed by atoms with van der Waals surface area (Å²) in [5, 5.41) is 22.2. The minimum absolute atomic E-state index is 0.0416. The zero-order valence-electron chi connectivity index (χ0n) is 17.2. The van der Waals surface area contributed by atoms with Gasteiger partial charge in [0.15, 0.2) is 0 Å². The predicted octanol–water partition coefficient (Wildman–Crippen LogP) is 4.86. The minimum Gasteiger partial charge on any atom is -0.506 e. The maximum absolute atomic E-state index is 13.2. The highest BCUT2D eigenvalue weighted by Gasteiger charge is 2.16. The van der Waals surface area contributed by atoms with Gasteiger partial charge in [0, 0.05) is 17.0 Å². The number of phenols is 1. The molecule has 4 aromatic rings. The Labute approximate surface area is 179 Å². The molecule has 6 heteroatoms. The van der Waals surface area contributed by atoms with Crippen LogP contribution in [0.15, 0.2) is 76.5 Å². The van der Waals surface area contributed by atoms with Gasteiger partial charge in [-0.25, -0.2) is 4.57 Å². The van der Waals surface area contributed by atoms with Crippen molar-refractivity contribution in [3.05, 3.63) is 88.2 Å². The molecule has 6 nitrogen and oxygen atoms in total. The van der Waals surface area contributed by atoms with Crippen LogP contribution in [0.2, 0.25) is 0 Å². The topological polar surface area (TPSA) is 84.1 Å². The molecular weight excluding hydrogens is 392 g/mol. The van der Waals surface area contributed by atoms with E-state index in [4.69, 9.17) is 4.74 Å². The number of phenolic OH excluding ortho intramolecular Hbond substituents is 1. The van der Waals surface area contributed by atoms with Crippen molar-refractivity contribution in [2.24, 2.45) is 4.99 Å². The Hall–Kier alpha value is -4.06. The first-order chi connectivity index (χ1) is 15.0. The van der Waals surface area contributed by atoms with Crippen molar-refractivity contribution in [2.75, 3.05) is 6.61 Å². The summed E-state index contributed by atoms with van der Waals surface area (Å²) in [6.45, 7) is 4.30. The number of hydrogen-bond acceptors (Lipinski definition) is 5. The number of aromatic hydroxyl groups is 2. The lowest BCUT2D eigenvalue weighted by Crippen LogP contribution is -2.20. The van der Waals surface area contributed by atoms with Gasteiger partial charge < -0.3 is 14.9 Å². The van der Waals surface area contributed by atoms with Crippen LogP contribution in [0.25, 0.3) is 16.5 Å². The summed E-state index contributed by atoms with van der Waals surface area (Å²) in [7, 11) is 0. The third-order valence-electron chi connectivity index (χ3n) is 4.97. The molecule has 0 unspecified atom stereocenters. The van der Waals surface area contributed by atoms with E-state index in [1.54, 1.807) is 60.7 Å². The fourth-order valence-electron chi connectivity index (χ4n) is 3.46. The highest BCUT2D eigenvalue weighted by atomic mass is 16.5. The molecule has 0 amide bonds. The number of nitrogens with zero attached hydrogens (tertiary/aromatic N) is 2. The van der Waals surface area contributed by atoms with E-state index in [2.05, 4.69) is 4.99 Å². The molecule has 0 saturated heterocycles. The molecular formula is C25H22N2O4. The number of aliphatic imine (C=N–C) groups is 1. The van der Waals surface area contributed by atoms with Crippen LogP contribution in [-0.2, 0) is 0 Å². The van der Waals surface area contributed by atoms with Crippen molar-refractivity contribution >= 4 is 22.7 Å². The predicted molar refractivity (Wildman–Crippen MR) is 122 cm³/mol. The van der Waals surface area contributed by atoms with Crippen LogP contribution in [0, 0.1) is 6.92 Å². The van der Waals surface area contributed by atoms with Gasteiger partial charge in [-0.1, -0.05) is 24.3 Å². The molecule has 0 aliphatic carbocycles. The summed E-state index contributed by atoms with van der Waals surface area (Å²) in [5.41, 5.74) is 1.82. The molecule has 1 aromatic heterocycles. The fraction of sp³-hybridized carbons (Fsp3) is 0.120. The monoisotopic (exact) mass is 414 g/mol. The second-order valence-electron chi connectivity index (χ2n) is 7.10. The number of aromatic nitrogens is 1. The van der Waals surface area contributed by atoms with E-state index in [0.717, 1.165) is 5.56 Å².